The van der Waals surface area contributed by atoms with Crippen molar-refractivity contribution in [1.29, 1.82) is 0 Å². The second-order valence-corrected chi connectivity index (χ2v) is 4.86. The molecule has 6 heteroatoms. The number of hydrogen-bond acceptors (Lipinski definition) is 4. The zero-order valence-electron chi connectivity index (χ0n) is 12.1. The summed E-state index contributed by atoms with van der Waals surface area (Å²) in [6, 6.07) is 2.45. The Morgan fingerprint density at radius 2 is 1.95 bits per heavy atom. The van der Waals surface area contributed by atoms with E-state index >= 15 is 0 Å². The smallest absolute Gasteiger partial charge is 0.299 e. The van der Waals surface area contributed by atoms with Crippen molar-refractivity contribution in [1.82, 2.24) is 0 Å². The van der Waals surface area contributed by atoms with Gasteiger partial charge in [0, 0.05) is 20.3 Å². The minimum Gasteiger partial charge on any atom is -0.382 e. The number of hydrogen-bond donors (Lipinski definition) is 0. The molecular weight excluding hydrogens is 277 g/mol. The Kier molecular flexibility index (Phi) is 5.03. The van der Waals surface area contributed by atoms with Gasteiger partial charge in [-0.25, -0.2) is 4.39 Å². The summed E-state index contributed by atoms with van der Waals surface area (Å²) in [5.74, 6) is -1.75. The summed E-state index contributed by atoms with van der Waals surface area (Å²) in [4.78, 5) is 25.3. The van der Waals surface area contributed by atoms with Gasteiger partial charge in [0.2, 0.25) is 0 Å². The van der Waals surface area contributed by atoms with Crippen LogP contribution in [0.5, 0.6) is 0 Å². The number of rotatable bonds is 7. The standard InChI is InChI=1S/C15H18FNO4/c1-10-8-11(16)9-12-13(10)17(15(19)14(12)18)4-3-5-21-7-6-20-2/h8-9H,3-7H2,1-2H3. The second kappa shape index (κ2) is 6.78. The van der Waals surface area contributed by atoms with E-state index in [9.17, 15) is 14.0 Å². The van der Waals surface area contributed by atoms with Crippen molar-refractivity contribution in [3.05, 3.63) is 29.1 Å². The fraction of sp³-hybridized carbons (Fsp3) is 0.467. The van der Waals surface area contributed by atoms with Crippen LogP contribution in [-0.4, -0.2) is 45.2 Å². The number of methoxy groups -OCH3 is 1. The van der Waals surface area contributed by atoms with Gasteiger partial charge < -0.3 is 14.4 Å². The van der Waals surface area contributed by atoms with Crippen molar-refractivity contribution in [2.24, 2.45) is 0 Å². The van der Waals surface area contributed by atoms with E-state index < -0.39 is 17.5 Å². The number of fused-ring (bicyclic) bond motifs is 1. The van der Waals surface area contributed by atoms with E-state index in [-0.39, 0.29) is 5.56 Å². The largest absolute Gasteiger partial charge is 0.382 e. The van der Waals surface area contributed by atoms with Crippen LogP contribution >= 0.6 is 0 Å². The molecule has 0 aliphatic carbocycles. The normalized spacial score (nSPS) is 14.0. The highest BCUT2D eigenvalue weighted by molar-refractivity contribution is 6.52. The first-order valence-corrected chi connectivity index (χ1v) is 6.79. The number of halogens is 1. The minimum atomic E-state index is -0.645. The lowest BCUT2D eigenvalue weighted by molar-refractivity contribution is -0.114. The molecule has 1 aliphatic heterocycles. The Morgan fingerprint density at radius 3 is 2.67 bits per heavy atom. The van der Waals surface area contributed by atoms with E-state index in [1.165, 1.54) is 11.0 Å². The Labute approximate surface area is 122 Å². The third-order valence-corrected chi connectivity index (χ3v) is 3.32. The van der Waals surface area contributed by atoms with Crippen LogP contribution in [-0.2, 0) is 14.3 Å². The third kappa shape index (κ3) is 3.28. The van der Waals surface area contributed by atoms with Gasteiger partial charge in [-0.15, -0.1) is 0 Å². The summed E-state index contributed by atoms with van der Waals surface area (Å²) < 4.78 is 23.5. The van der Waals surface area contributed by atoms with Crippen LogP contribution in [0.15, 0.2) is 12.1 Å². The van der Waals surface area contributed by atoms with Crippen molar-refractivity contribution in [3.8, 4) is 0 Å². The molecule has 0 radical (unpaired) electrons. The van der Waals surface area contributed by atoms with Gasteiger partial charge >= 0.3 is 0 Å². The summed E-state index contributed by atoms with van der Waals surface area (Å²) in [5, 5.41) is 0. The van der Waals surface area contributed by atoms with Crippen LogP contribution in [0.4, 0.5) is 10.1 Å². The van der Waals surface area contributed by atoms with Gasteiger partial charge in [-0.2, -0.15) is 0 Å². The molecule has 0 unspecified atom stereocenters. The van der Waals surface area contributed by atoms with Gasteiger partial charge in [-0.3, -0.25) is 9.59 Å². The third-order valence-electron chi connectivity index (χ3n) is 3.32. The van der Waals surface area contributed by atoms with Gasteiger partial charge in [0.15, 0.2) is 0 Å². The number of amides is 1. The highest BCUT2D eigenvalue weighted by Crippen LogP contribution is 2.33. The minimum absolute atomic E-state index is 0.151. The lowest BCUT2D eigenvalue weighted by atomic mass is 10.1. The molecule has 0 fully saturated rings. The fourth-order valence-electron chi connectivity index (χ4n) is 2.39. The molecule has 1 aliphatic rings. The lowest BCUT2D eigenvalue weighted by Gasteiger charge is -2.18. The molecule has 21 heavy (non-hydrogen) atoms. The number of benzene rings is 1. The average Bonchev–Trinajstić information content (AvgIpc) is 2.68. The molecule has 1 heterocycles. The van der Waals surface area contributed by atoms with E-state index in [0.717, 1.165) is 6.07 Å². The molecule has 2 rings (SSSR count). The molecule has 5 nitrogen and oxygen atoms in total. The van der Waals surface area contributed by atoms with Crippen molar-refractivity contribution in [2.75, 3.05) is 38.4 Å². The zero-order valence-corrected chi connectivity index (χ0v) is 12.1. The summed E-state index contributed by atoms with van der Waals surface area (Å²) in [5.41, 5.74) is 1.26. The molecule has 1 aromatic carbocycles. The van der Waals surface area contributed by atoms with E-state index in [0.29, 0.717) is 44.0 Å². The van der Waals surface area contributed by atoms with E-state index in [1.807, 2.05) is 0 Å². The quantitative estimate of drug-likeness (QED) is 0.568. The number of ketones is 1. The monoisotopic (exact) mass is 295 g/mol. The summed E-state index contributed by atoms with van der Waals surface area (Å²) >= 11 is 0. The van der Waals surface area contributed by atoms with Gasteiger partial charge in [0.1, 0.15) is 5.82 Å². The number of ether oxygens (including phenoxy) is 2. The van der Waals surface area contributed by atoms with Gasteiger partial charge in [0.05, 0.1) is 24.5 Å². The van der Waals surface area contributed by atoms with Crippen molar-refractivity contribution in [2.45, 2.75) is 13.3 Å². The lowest BCUT2D eigenvalue weighted by Crippen LogP contribution is -2.31. The average molecular weight is 295 g/mol. The Bertz CT molecular complexity index is 559. The topological polar surface area (TPSA) is 55.8 Å². The van der Waals surface area contributed by atoms with Crippen LogP contribution in [0, 0.1) is 12.7 Å². The SMILES string of the molecule is COCCOCCCN1C(=O)C(=O)c2cc(F)cc(C)c21. The highest BCUT2D eigenvalue weighted by atomic mass is 19.1. The molecule has 0 bridgehead atoms. The Balaban J connectivity index is 2.02. The first-order valence-electron chi connectivity index (χ1n) is 6.79. The fourth-order valence-corrected chi connectivity index (χ4v) is 2.39. The van der Waals surface area contributed by atoms with Crippen molar-refractivity contribution >= 4 is 17.4 Å². The van der Waals surface area contributed by atoms with Gasteiger partial charge in [-0.05, 0) is 31.0 Å². The number of carbonyl (C=O) groups excluding carboxylic acids is 2. The van der Waals surface area contributed by atoms with Crippen LogP contribution in [0.3, 0.4) is 0 Å². The van der Waals surface area contributed by atoms with E-state index in [4.69, 9.17) is 9.47 Å². The second-order valence-electron chi connectivity index (χ2n) is 4.86. The zero-order chi connectivity index (χ0) is 15.4. The number of nitrogens with zero attached hydrogens (tertiary/aromatic N) is 1. The van der Waals surface area contributed by atoms with Crippen LogP contribution in [0.25, 0.3) is 0 Å². The number of Topliss-reactive ketones (excluding diaryl/α,β-unsaturated/α-hetero) is 1. The van der Waals surface area contributed by atoms with Crippen molar-refractivity contribution in [3.63, 3.8) is 0 Å². The maximum absolute atomic E-state index is 13.4. The molecular formula is C15H18FNO4. The van der Waals surface area contributed by atoms with E-state index in [2.05, 4.69) is 0 Å². The molecule has 0 aromatic heterocycles. The molecule has 114 valence electrons. The molecule has 0 atom stereocenters. The Hall–Kier alpha value is -1.79. The van der Waals surface area contributed by atoms with Crippen molar-refractivity contribution < 1.29 is 23.5 Å². The maximum atomic E-state index is 13.4. The predicted molar refractivity (Wildman–Crippen MR) is 75.1 cm³/mol. The molecule has 0 N–H and O–H groups in total. The number of aryl methyl sites for hydroxylation is 1. The molecule has 0 saturated carbocycles. The summed E-state index contributed by atoms with van der Waals surface area (Å²) in [6.45, 7) is 3.54. The highest BCUT2D eigenvalue weighted by Gasteiger charge is 2.36. The van der Waals surface area contributed by atoms with Gasteiger partial charge in [-0.1, -0.05) is 0 Å². The summed E-state index contributed by atoms with van der Waals surface area (Å²) in [6.07, 6.45) is 0.596. The first kappa shape index (κ1) is 15.6. The number of carbonyl (C=O) groups is 2. The number of anilines is 1. The van der Waals surface area contributed by atoms with Crippen LogP contribution in [0.1, 0.15) is 22.3 Å². The maximum Gasteiger partial charge on any atom is 0.299 e. The molecule has 1 amide bonds. The van der Waals surface area contributed by atoms with E-state index in [1.54, 1.807) is 14.0 Å². The van der Waals surface area contributed by atoms with Crippen LogP contribution < -0.4 is 4.90 Å². The first-order chi connectivity index (χ1) is 10.1. The van der Waals surface area contributed by atoms with Gasteiger partial charge in [0.25, 0.3) is 11.7 Å². The molecule has 0 saturated heterocycles. The molecule has 1 aromatic rings. The van der Waals surface area contributed by atoms with Crippen LogP contribution in [0.2, 0.25) is 0 Å². The molecule has 0 spiro atoms. The Morgan fingerprint density at radius 1 is 1.19 bits per heavy atom. The predicted octanol–water partition coefficient (Wildman–Crippen LogP) is 1.72. The summed E-state index contributed by atoms with van der Waals surface area (Å²) in [7, 11) is 1.59.